The summed E-state index contributed by atoms with van der Waals surface area (Å²) in [5.74, 6) is 0. The normalized spacial score (nSPS) is 0. The number of hydrogen-bond acceptors (Lipinski definition) is 0. The predicted octanol–water partition coefficient (Wildman–Crippen LogP) is -2.66. The van der Waals surface area contributed by atoms with Crippen molar-refractivity contribution in [3.05, 3.63) is 0 Å². The summed E-state index contributed by atoms with van der Waals surface area (Å²) in [6.07, 6.45) is 0. The summed E-state index contributed by atoms with van der Waals surface area (Å²) in [5.41, 5.74) is 0. The van der Waals surface area contributed by atoms with Crippen molar-refractivity contribution in [3.63, 3.8) is 0 Å². The average Bonchev–Trinajstić information content (AvgIpc) is 0. The van der Waals surface area contributed by atoms with Crippen molar-refractivity contribution in [3.8, 4) is 0 Å². The molecule has 0 amide bonds. The van der Waals surface area contributed by atoms with Gasteiger partial charge in [-0.2, -0.15) is 0 Å². The molecule has 0 radical (unpaired) electrons. The quantitative estimate of drug-likeness (QED) is 0.308. The van der Waals surface area contributed by atoms with E-state index in [4.69, 9.17) is 0 Å². The number of halogens is 2. The van der Waals surface area contributed by atoms with Crippen LogP contribution >= 0.6 is 48.0 Å². The molecule has 0 aliphatic rings. The molecule has 8 heteroatoms. The Morgan fingerprint density at radius 1 is 0.250 bits per heavy atom. The Morgan fingerprint density at radius 3 is 0.250 bits per heavy atom. The Balaban J connectivity index is 0. The van der Waals surface area contributed by atoms with Crippen molar-refractivity contribution in [1.29, 1.82) is 0 Å². The summed E-state index contributed by atoms with van der Waals surface area (Å²) in [6, 6.07) is 0. The van der Waals surface area contributed by atoms with E-state index >= 15 is 0 Å². The summed E-state index contributed by atoms with van der Waals surface area (Å²) >= 11 is 0. The van der Waals surface area contributed by atoms with Crippen molar-refractivity contribution >= 4 is 225 Å². The van der Waals surface area contributed by atoms with Crippen molar-refractivity contribution in [2.75, 3.05) is 0 Å². The molecule has 0 saturated carbocycles. The SMILES string of the molecule is I.I.[NaH].[NaH].[NaH].[NaH].[NaH].[NaH]. The van der Waals surface area contributed by atoms with Crippen molar-refractivity contribution < 1.29 is 0 Å². The molecule has 0 aliphatic carbocycles. The van der Waals surface area contributed by atoms with Crippen LogP contribution in [-0.2, 0) is 0 Å². The van der Waals surface area contributed by atoms with Gasteiger partial charge in [0.15, 0.2) is 0 Å². The van der Waals surface area contributed by atoms with E-state index in [0.717, 1.165) is 0 Å². The molecule has 0 aromatic rings. The van der Waals surface area contributed by atoms with Gasteiger partial charge in [-0.05, 0) is 0 Å². The molecule has 0 aliphatic heterocycles. The standard InChI is InChI=1S/2HI.6Na.6H/h2*1H;;;;;;;;;;;;. The van der Waals surface area contributed by atoms with Crippen LogP contribution in [0.4, 0.5) is 0 Å². The third-order valence-corrected chi connectivity index (χ3v) is 0. The van der Waals surface area contributed by atoms with Gasteiger partial charge in [0, 0.05) is 0 Å². The van der Waals surface area contributed by atoms with E-state index in [-0.39, 0.29) is 225 Å². The topological polar surface area (TPSA) is 0 Å². The van der Waals surface area contributed by atoms with Crippen LogP contribution in [0.5, 0.6) is 0 Å². The third kappa shape index (κ3) is 37.5. The van der Waals surface area contributed by atoms with Crippen LogP contribution in [0, 0.1) is 0 Å². The van der Waals surface area contributed by atoms with E-state index in [1.54, 1.807) is 0 Å². The fraction of sp³-hybridized carbons (Fsp3) is 0. The molecule has 0 rings (SSSR count). The molecule has 0 aromatic heterocycles. The van der Waals surface area contributed by atoms with Crippen LogP contribution in [0.2, 0.25) is 0 Å². The van der Waals surface area contributed by atoms with E-state index in [0.29, 0.717) is 0 Å². The van der Waals surface area contributed by atoms with Crippen LogP contribution < -0.4 is 0 Å². The molecule has 0 N–H and O–H groups in total. The first-order valence-electron chi connectivity index (χ1n) is 0. The molecule has 0 saturated heterocycles. The van der Waals surface area contributed by atoms with Gasteiger partial charge in [0.05, 0.1) is 0 Å². The Morgan fingerprint density at radius 2 is 0.250 bits per heavy atom. The zero-order chi connectivity index (χ0) is 0. The number of hydrogen-bond donors (Lipinski definition) is 0. The second kappa shape index (κ2) is 47.1. The second-order valence-corrected chi connectivity index (χ2v) is 0. The zero-order valence-electron chi connectivity index (χ0n) is 0.816. The molecule has 0 unspecified atom stereocenters. The molecular weight excluding hydrogens is 392 g/mol. The Bertz CT molecular complexity index is 6.49. The van der Waals surface area contributed by atoms with Gasteiger partial charge in [-0.1, -0.05) is 0 Å². The van der Waals surface area contributed by atoms with E-state index in [9.17, 15) is 0 Å². The Kier molecular flexibility index (Phi) is 342. The maximum absolute atomic E-state index is 0. The summed E-state index contributed by atoms with van der Waals surface area (Å²) in [6.45, 7) is 0. The van der Waals surface area contributed by atoms with Gasteiger partial charge >= 0.3 is 177 Å². The molecule has 0 spiro atoms. The molecule has 0 aromatic carbocycles. The summed E-state index contributed by atoms with van der Waals surface area (Å²) in [7, 11) is 0. The van der Waals surface area contributed by atoms with E-state index in [1.165, 1.54) is 0 Å². The molecule has 0 bridgehead atoms. The van der Waals surface area contributed by atoms with Gasteiger partial charge in [0.25, 0.3) is 0 Å². The molecule has 0 fully saturated rings. The molecule has 28 valence electrons. The van der Waals surface area contributed by atoms with Crippen LogP contribution in [0.1, 0.15) is 0 Å². The molecule has 8 heavy (non-hydrogen) atoms. The first-order chi connectivity index (χ1) is 0. The molecule has 0 nitrogen and oxygen atoms in total. The average molecular weight is 400 g/mol. The van der Waals surface area contributed by atoms with Crippen molar-refractivity contribution in [2.45, 2.75) is 0 Å². The van der Waals surface area contributed by atoms with Gasteiger partial charge in [0.2, 0.25) is 0 Å². The predicted molar refractivity (Wildman–Crippen MR) is 73.7 cm³/mol. The van der Waals surface area contributed by atoms with Crippen molar-refractivity contribution in [1.82, 2.24) is 0 Å². The molecule has 0 atom stereocenters. The van der Waals surface area contributed by atoms with Crippen molar-refractivity contribution in [2.24, 2.45) is 0 Å². The number of rotatable bonds is 0. The summed E-state index contributed by atoms with van der Waals surface area (Å²) in [5, 5.41) is 0. The molecular formula is H8I2Na6. The van der Waals surface area contributed by atoms with Gasteiger partial charge in [-0.25, -0.2) is 0 Å². The van der Waals surface area contributed by atoms with E-state index in [1.807, 2.05) is 0 Å². The summed E-state index contributed by atoms with van der Waals surface area (Å²) in [4.78, 5) is 0. The Hall–Kier alpha value is 7.46. The first-order valence-corrected chi connectivity index (χ1v) is 0. The fourth-order valence-corrected chi connectivity index (χ4v) is 0. The fourth-order valence-electron chi connectivity index (χ4n) is 0. The van der Waals surface area contributed by atoms with Gasteiger partial charge in [0.1, 0.15) is 0 Å². The van der Waals surface area contributed by atoms with Crippen LogP contribution in [0.3, 0.4) is 0 Å². The maximum atomic E-state index is 0. The van der Waals surface area contributed by atoms with Gasteiger partial charge in [-0.15, -0.1) is 48.0 Å². The van der Waals surface area contributed by atoms with E-state index in [2.05, 4.69) is 0 Å². The zero-order valence-corrected chi connectivity index (χ0v) is 5.48. The van der Waals surface area contributed by atoms with Gasteiger partial charge < -0.3 is 0 Å². The first kappa shape index (κ1) is 58.1. The second-order valence-electron chi connectivity index (χ2n) is 0. The molecule has 0 heterocycles. The van der Waals surface area contributed by atoms with Crippen LogP contribution in [0.25, 0.3) is 0 Å². The van der Waals surface area contributed by atoms with Gasteiger partial charge in [-0.3, -0.25) is 0 Å². The third-order valence-electron chi connectivity index (χ3n) is 0. The van der Waals surface area contributed by atoms with Crippen LogP contribution in [-0.4, -0.2) is 177 Å². The van der Waals surface area contributed by atoms with Crippen LogP contribution in [0.15, 0.2) is 0 Å². The van der Waals surface area contributed by atoms with E-state index < -0.39 is 0 Å². The Labute approximate surface area is 218 Å². The minimum atomic E-state index is 0. The monoisotopic (exact) mass is 400 g/mol. The summed E-state index contributed by atoms with van der Waals surface area (Å²) < 4.78 is 0. The minimum absolute atomic E-state index is 0.